The van der Waals surface area contributed by atoms with Gasteiger partial charge < -0.3 is 14.4 Å². The number of benzene rings is 2. The van der Waals surface area contributed by atoms with E-state index in [0.29, 0.717) is 41.8 Å². The topological polar surface area (TPSA) is 56.6 Å². The molecule has 0 radical (unpaired) electrons. The van der Waals surface area contributed by atoms with Gasteiger partial charge in [0.15, 0.2) is 0 Å². The predicted octanol–water partition coefficient (Wildman–Crippen LogP) is 4.67. The van der Waals surface area contributed by atoms with Crippen molar-refractivity contribution in [2.45, 2.75) is 20.8 Å². The summed E-state index contributed by atoms with van der Waals surface area (Å²) in [6.07, 6.45) is 1.80. The van der Waals surface area contributed by atoms with E-state index in [1.165, 1.54) is 0 Å². The van der Waals surface area contributed by atoms with Crippen molar-refractivity contribution in [3.63, 3.8) is 0 Å². The van der Waals surface area contributed by atoms with Crippen molar-refractivity contribution >= 4 is 5.91 Å². The van der Waals surface area contributed by atoms with Gasteiger partial charge in [0.25, 0.3) is 5.91 Å². The van der Waals surface area contributed by atoms with Crippen molar-refractivity contribution in [1.29, 1.82) is 0 Å². The fourth-order valence-corrected chi connectivity index (χ4v) is 3.41. The number of aromatic nitrogens is 2. The van der Waals surface area contributed by atoms with Crippen LogP contribution in [0.4, 0.5) is 0 Å². The Bertz CT molecular complexity index is 996. The van der Waals surface area contributed by atoms with Crippen molar-refractivity contribution in [3.05, 3.63) is 60.3 Å². The van der Waals surface area contributed by atoms with E-state index in [9.17, 15) is 4.79 Å². The highest BCUT2D eigenvalue weighted by Gasteiger charge is 2.25. The molecular weight excluding hydrogens is 378 g/mol. The third-order valence-corrected chi connectivity index (χ3v) is 4.88. The first kappa shape index (κ1) is 21.4. The van der Waals surface area contributed by atoms with Crippen LogP contribution in [0, 0.1) is 5.92 Å². The molecule has 158 valence electrons. The number of para-hydroxylation sites is 1. The number of methoxy groups -OCH3 is 2. The number of amides is 1. The van der Waals surface area contributed by atoms with Crippen LogP contribution >= 0.6 is 0 Å². The molecule has 3 aromatic rings. The van der Waals surface area contributed by atoms with E-state index in [1.807, 2.05) is 60.4 Å². The van der Waals surface area contributed by atoms with Crippen LogP contribution in [-0.2, 0) is 0 Å². The van der Waals surface area contributed by atoms with Gasteiger partial charge in [-0.1, -0.05) is 32.0 Å². The first-order valence-electron chi connectivity index (χ1n) is 10.1. The monoisotopic (exact) mass is 407 g/mol. The summed E-state index contributed by atoms with van der Waals surface area (Å²) >= 11 is 0. The highest BCUT2D eigenvalue weighted by Crippen LogP contribution is 2.35. The van der Waals surface area contributed by atoms with E-state index in [2.05, 4.69) is 13.8 Å². The molecule has 1 heterocycles. The molecule has 0 fully saturated rings. The number of ether oxygens (including phenoxy) is 2. The van der Waals surface area contributed by atoms with E-state index in [1.54, 1.807) is 25.1 Å². The Morgan fingerprint density at radius 1 is 1.10 bits per heavy atom. The number of hydrogen-bond donors (Lipinski definition) is 0. The van der Waals surface area contributed by atoms with E-state index in [4.69, 9.17) is 14.6 Å². The molecule has 3 rings (SSSR count). The van der Waals surface area contributed by atoms with Crippen molar-refractivity contribution in [3.8, 4) is 28.4 Å². The number of hydrogen-bond acceptors (Lipinski definition) is 4. The summed E-state index contributed by atoms with van der Waals surface area (Å²) in [5, 5.41) is 4.79. The molecule has 1 amide bonds. The number of rotatable bonds is 8. The average Bonchev–Trinajstić information content (AvgIpc) is 3.22. The van der Waals surface area contributed by atoms with Crippen LogP contribution in [0.15, 0.2) is 54.7 Å². The van der Waals surface area contributed by atoms with Gasteiger partial charge in [-0.05, 0) is 43.2 Å². The summed E-state index contributed by atoms with van der Waals surface area (Å²) in [7, 11) is 3.22. The summed E-state index contributed by atoms with van der Waals surface area (Å²) in [6.45, 7) is 7.51. The van der Waals surface area contributed by atoms with Gasteiger partial charge in [0.05, 0.1) is 25.5 Å². The molecule has 0 saturated heterocycles. The Kier molecular flexibility index (Phi) is 6.77. The van der Waals surface area contributed by atoms with Gasteiger partial charge in [-0.25, -0.2) is 4.68 Å². The molecular formula is C24H29N3O3. The Morgan fingerprint density at radius 3 is 2.43 bits per heavy atom. The quantitative estimate of drug-likeness (QED) is 0.544. The normalized spacial score (nSPS) is 10.9. The maximum atomic E-state index is 13.5. The molecule has 2 aromatic carbocycles. The van der Waals surface area contributed by atoms with Crippen LogP contribution in [0.25, 0.3) is 16.9 Å². The average molecular weight is 408 g/mol. The Balaban J connectivity index is 2.18. The van der Waals surface area contributed by atoms with Crippen LogP contribution in [0.3, 0.4) is 0 Å². The maximum absolute atomic E-state index is 13.5. The third kappa shape index (κ3) is 4.48. The molecule has 0 aliphatic carbocycles. The fourth-order valence-electron chi connectivity index (χ4n) is 3.41. The second-order valence-electron chi connectivity index (χ2n) is 7.48. The Hall–Kier alpha value is -3.28. The number of nitrogens with zero attached hydrogens (tertiary/aromatic N) is 3. The summed E-state index contributed by atoms with van der Waals surface area (Å²) in [5.74, 6) is 1.63. The molecule has 0 bridgehead atoms. The van der Waals surface area contributed by atoms with Crippen molar-refractivity contribution in [2.24, 2.45) is 5.92 Å². The van der Waals surface area contributed by atoms with Gasteiger partial charge in [-0.3, -0.25) is 4.79 Å². The van der Waals surface area contributed by atoms with Gasteiger partial charge in [-0.15, -0.1) is 0 Å². The highest BCUT2D eigenvalue weighted by atomic mass is 16.5. The van der Waals surface area contributed by atoms with Gasteiger partial charge in [0.2, 0.25) is 0 Å². The smallest absolute Gasteiger partial charge is 0.257 e. The van der Waals surface area contributed by atoms with Crippen LogP contribution in [0.1, 0.15) is 31.1 Å². The highest BCUT2D eigenvalue weighted by molar-refractivity contribution is 6.00. The standard InChI is InChI=1S/C24H29N3O3/c1-6-26(15-17(2)3)24(28)21-16-27(18-10-8-7-9-11-18)25-23(21)20-14-19(29-4)12-13-22(20)30-5/h7-14,16-17H,6,15H2,1-5H3. The van der Waals surface area contributed by atoms with Crippen molar-refractivity contribution in [2.75, 3.05) is 27.3 Å². The summed E-state index contributed by atoms with van der Waals surface area (Å²) < 4.78 is 12.7. The van der Waals surface area contributed by atoms with Crippen LogP contribution in [-0.4, -0.2) is 47.9 Å². The second kappa shape index (κ2) is 9.48. The zero-order chi connectivity index (χ0) is 21.7. The third-order valence-electron chi connectivity index (χ3n) is 4.88. The van der Waals surface area contributed by atoms with E-state index >= 15 is 0 Å². The summed E-state index contributed by atoms with van der Waals surface area (Å²) in [6, 6.07) is 15.3. The minimum absolute atomic E-state index is 0.0479. The minimum atomic E-state index is -0.0479. The lowest BCUT2D eigenvalue weighted by molar-refractivity contribution is 0.0746. The molecule has 0 N–H and O–H groups in total. The maximum Gasteiger partial charge on any atom is 0.257 e. The lowest BCUT2D eigenvalue weighted by atomic mass is 10.0. The largest absolute Gasteiger partial charge is 0.497 e. The predicted molar refractivity (Wildman–Crippen MR) is 119 cm³/mol. The van der Waals surface area contributed by atoms with Crippen LogP contribution in [0.5, 0.6) is 11.5 Å². The molecule has 0 spiro atoms. The molecule has 0 aliphatic rings. The summed E-state index contributed by atoms with van der Waals surface area (Å²) in [5.41, 5.74) is 2.71. The molecule has 1 aromatic heterocycles. The second-order valence-corrected chi connectivity index (χ2v) is 7.48. The molecule has 6 heteroatoms. The molecule has 0 aliphatic heterocycles. The minimum Gasteiger partial charge on any atom is -0.497 e. The van der Waals surface area contributed by atoms with Gasteiger partial charge in [0, 0.05) is 24.8 Å². The first-order valence-corrected chi connectivity index (χ1v) is 10.1. The van der Waals surface area contributed by atoms with Gasteiger partial charge >= 0.3 is 0 Å². The molecule has 0 saturated carbocycles. The molecule has 6 nitrogen and oxygen atoms in total. The lowest BCUT2D eigenvalue weighted by Crippen LogP contribution is -2.34. The van der Waals surface area contributed by atoms with Crippen molar-refractivity contribution in [1.82, 2.24) is 14.7 Å². The molecule has 0 unspecified atom stereocenters. The van der Waals surface area contributed by atoms with E-state index < -0.39 is 0 Å². The number of carbonyl (C=O) groups excluding carboxylic acids is 1. The number of carbonyl (C=O) groups is 1. The zero-order valence-corrected chi connectivity index (χ0v) is 18.3. The van der Waals surface area contributed by atoms with E-state index in [0.717, 1.165) is 11.3 Å². The molecule has 0 atom stereocenters. The van der Waals surface area contributed by atoms with E-state index in [-0.39, 0.29) is 5.91 Å². The fraction of sp³-hybridized carbons (Fsp3) is 0.333. The summed E-state index contributed by atoms with van der Waals surface area (Å²) in [4.78, 5) is 15.4. The van der Waals surface area contributed by atoms with Crippen LogP contribution < -0.4 is 9.47 Å². The zero-order valence-electron chi connectivity index (χ0n) is 18.3. The lowest BCUT2D eigenvalue weighted by Gasteiger charge is -2.23. The van der Waals surface area contributed by atoms with Gasteiger partial charge in [-0.2, -0.15) is 5.10 Å². The van der Waals surface area contributed by atoms with Crippen LogP contribution in [0.2, 0.25) is 0 Å². The Labute approximate surface area is 178 Å². The SMILES string of the molecule is CCN(CC(C)C)C(=O)c1cn(-c2ccccc2)nc1-c1cc(OC)ccc1OC. The first-order chi connectivity index (χ1) is 14.5. The molecule has 30 heavy (non-hydrogen) atoms. The van der Waals surface area contributed by atoms with Crippen molar-refractivity contribution < 1.29 is 14.3 Å². The Morgan fingerprint density at radius 2 is 1.83 bits per heavy atom. The van der Waals surface area contributed by atoms with Gasteiger partial charge in [0.1, 0.15) is 17.2 Å².